The quantitative estimate of drug-likeness (QED) is 0.694. The van der Waals surface area contributed by atoms with Crippen LogP contribution in [0.3, 0.4) is 0 Å². The average Bonchev–Trinajstić information content (AvgIpc) is 2.62. The molecule has 0 aromatic heterocycles. The lowest BCUT2D eigenvalue weighted by Gasteiger charge is -2.06. The molecule has 4 heteroatoms. The summed E-state index contributed by atoms with van der Waals surface area (Å²) in [6.45, 7) is 4.92. The summed E-state index contributed by atoms with van der Waals surface area (Å²) in [5, 5.41) is 5.76. The Morgan fingerprint density at radius 1 is 1.00 bits per heavy atom. The molecule has 2 amide bonds. The fourth-order valence-electron chi connectivity index (χ4n) is 2.25. The molecule has 2 rings (SSSR count). The van der Waals surface area contributed by atoms with Crippen molar-refractivity contribution in [2.75, 3.05) is 6.54 Å². The van der Waals surface area contributed by atoms with Crippen LogP contribution in [0, 0.1) is 5.92 Å². The Morgan fingerprint density at radius 3 is 2.50 bits per heavy atom. The molecule has 2 heterocycles. The van der Waals surface area contributed by atoms with E-state index in [9.17, 15) is 9.59 Å². The molecule has 0 aromatic rings. The van der Waals surface area contributed by atoms with Crippen molar-refractivity contribution in [2.24, 2.45) is 5.92 Å². The van der Waals surface area contributed by atoms with E-state index in [-0.39, 0.29) is 17.7 Å². The lowest BCUT2D eigenvalue weighted by Crippen LogP contribution is -2.29. The molecule has 4 nitrogen and oxygen atoms in total. The van der Waals surface area contributed by atoms with Gasteiger partial charge in [-0.15, -0.1) is 0 Å². The molecular weight excluding hydrogens is 228 g/mol. The monoisotopic (exact) mass is 254 g/mol. The maximum atomic E-state index is 10.9. The number of amides is 2. The molecule has 2 saturated heterocycles. The van der Waals surface area contributed by atoms with Crippen LogP contribution in [-0.2, 0) is 9.59 Å². The normalized spacial score (nSPS) is 29.0. The van der Waals surface area contributed by atoms with Crippen LogP contribution in [0.4, 0.5) is 0 Å². The standard InChI is InChI=1S/2C7H13NO/c1-6-4-2-3-5-8-7(6)9;1-6-4-2-3-5-7(9)8-6/h2*6H,2-5H2,1H3,(H,8,9). The van der Waals surface area contributed by atoms with E-state index in [2.05, 4.69) is 17.6 Å². The largest absolute Gasteiger partial charge is 0.356 e. The molecule has 2 atom stereocenters. The molecular formula is C14H26N2O2. The minimum absolute atomic E-state index is 0.222. The van der Waals surface area contributed by atoms with Gasteiger partial charge in [-0.3, -0.25) is 9.59 Å². The van der Waals surface area contributed by atoms with Gasteiger partial charge >= 0.3 is 0 Å². The van der Waals surface area contributed by atoms with Crippen LogP contribution in [0.5, 0.6) is 0 Å². The number of hydrogen-bond acceptors (Lipinski definition) is 2. The summed E-state index contributed by atoms with van der Waals surface area (Å²) >= 11 is 0. The Hall–Kier alpha value is -1.06. The predicted octanol–water partition coefficient (Wildman–Crippen LogP) is 1.99. The third kappa shape index (κ3) is 6.03. The Labute approximate surface area is 110 Å². The molecule has 2 N–H and O–H groups in total. The molecule has 0 radical (unpaired) electrons. The fraction of sp³-hybridized carbons (Fsp3) is 0.857. The van der Waals surface area contributed by atoms with Crippen molar-refractivity contribution in [1.29, 1.82) is 0 Å². The summed E-state index contributed by atoms with van der Waals surface area (Å²) in [6, 6.07) is 0.403. The van der Waals surface area contributed by atoms with Crippen LogP contribution in [0.1, 0.15) is 58.8 Å². The van der Waals surface area contributed by atoms with E-state index in [0.717, 1.165) is 38.6 Å². The van der Waals surface area contributed by atoms with Gasteiger partial charge in [0.1, 0.15) is 0 Å². The van der Waals surface area contributed by atoms with Crippen LogP contribution in [-0.4, -0.2) is 24.4 Å². The van der Waals surface area contributed by atoms with E-state index in [1.807, 2.05) is 6.92 Å². The van der Waals surface area contributed by atoms with Crippen LogP contribution >= 0.6 is 0 Å². The number of nitrogens with one attached hydrogen (secondary N) is 2. The van der Waals surface area contributed by atoms with Crippen molar-refractivity contribution in [2.45, 2.75) is 64.8 Å². The van der Waals surface area contributed by atoms with Gasteiger partial charge in [0.15, 0.2) is 0 Å². The lowest BCUT2D eigenvalue weighted by molar-refractivity contribution is -0.124. The van der Waals surface area contributed by atoms with E-state index in [4.69, 9.17) is 0 Å². The summed E-state index contributed by atoms with van der Waals surface area (Å²) < 4.78 is 0. The van der Waals surface area contributed by atoms with Crippen molar-refractivity contribution in [3.8, 4) is 0 Å². The van der Waals surface area contributed by atoms with Gasteiger partial charge in [-0.05, 0) is 32.6 Å². The Kier molecular flexibility index (Phi) is 6.76. The summed E-state index contributed by atoms with van der Waals surface area (Å²) in [7, 11) is 0. The van der Waals surface area contributed by atoms with Crippen molar-refractivity contribution < 1.29 is 9.59 Å². The topological polar surface area (TPSA) is 58.2 Å². The van der Waals surface area contributed by atoms with Gasteiger partial charge in [0.25, 0.3) is 0 Å². The highest BCUT2D eigenvalue weighted by Gasteiger charge is 2.14. The first-order valence-corrected chi connectivity index (χ1v) is 7.16. The van der Waals surface area contributed by atoms with Gasteiger partial charge in [0.05, 0.1) is 0 Å². The molecule has 0 aromatic carbocycles. The van der Waals surface area contributed by atoms with E-state index < -0.39 is 0 Å². The van der Waals surface area contributed by atoms with Crippen molar-refractivity contribution in [3.63, 3.8) is 0 Å². The van der Waals surface area contributed by atoms with Crippen molar-refractivity contribution in [3.05, 3.63) is 0 Å². The average molecular weight is 254 g/mol. The Morgan fingerprint density at radius 2 is 1.72 bits per heavy atom. The second kappa shape index (κ2) is 8.11. The summed E-state index contributed by atoms with van der Waals surface area (Å²) in [5.41, 5.74) is 0. The highest BCUT2D eigenvalue weighted by molar-refractivity contribution is 5.78. The van der Waals surface area contributed by atoms with Gasteiger partial charge < -0.3 is 10.6 Å². The van der Waals surface area contributed by atoms with E-state index in [1.54, 1.807) is 0 Å². The van der Waals surface area contributed by atoms with E-state index in [0.29, 0.717) is 6.04 Å². The molecule has 2 fully saturated rings. The summed E-state index contributed by atoms with van der Waals surface area (Å²) in [5.74, 6) is 0.694. The minimum Gasteiger partial charge on any atom is -0.356 e. The van der Waals surface area contributed by atoms with Crippen LogP contribution in [0.2, 0.25) is 0 Å². The molecule has 0 saturated carbocycles. The SMILES string of the molecule is CC1CCCCC(=O)N1.CC1CCCCNC1=O. The number of carbonyl (C=O) groups is 2. The Balaban J connectivity index is 0.000000180. The van der Waals surface area contributed by atoms with Crippen molar-refractivity contribution in [1.82, 2.24) is 10.6 Å². The minimum atomic E-state index is 0.222. The van der Waals surface area contributed by atoms with Crippen LogP contribution < -0.4 is 10.6 Å². The molecule has 2 aliphatic rings. The number of carbonyl (C=O) groups excluding carboxylic acids is 2. The predicted molar refractivity (Wildman–Crippen MR) is 72.1 cm³/mol. The van der Waals surface area contributed by atoms with E-state index in [1.165, 1.54) is 12.8 Å². The van der Waals surface area contributed by atoms with Crippen LogP contribution in [0.15, 0.2) is 0 Å². The summed E-state index contributed by atoms with van der Waals surface area (Å²) in [4.78, 5) is 21.7. The van der Waals surface area contributed by atoms with Gasteiger partial charge in [-0.2, -0.15) is 0 Å². The third-order valence-corrected chi connectivity index (χ3v) is 3.51. The fourth-order valence-corrected chi connectivity index (χ4v) is 2.25. The maximum absolute atomic E-state index is 10.9. The smallest absolute Gasteiger partial charge is 0.222 e. The number of rotatable bonds is 0. The lowest BCUT2D eigenvalue weighted by atomic mass is 10.1. The van der Waals surface area contributed by atoms with Gasteiger partial charge in [-0.1, -0.05) is 19.8 Å². The zero-order chi connectivity index (χ0) is 13.4. The number of hydrogen-bond donors (Lipinski definition) is 2. The van der Waals surface area contributed by atoms with Gasteiger partial charge in [-0.25, -0.2) is 0 Å². The molecule has 0 bridgehead atoms. The van der Waals surface area contributed by atoms with Crippen molar-refractivity contribution >= 4 is 11.8 Å². The van der Waals surface area contributed by atoms with E-state index >= 15 is 0 Å². The summed E-state index contributed by atoms with van der Waals surface area (Å²) in [6.07, 6.45) is 7.54. The first kappa shape index (κ1) is 15.0. The molecule has 104 valence electrons. The first-order chi connectivity index (χ1) is 8.59. The third-order valence-electron chi connectivity index (χ3n) is 3.51. The highest BCUT2D eigenvalue weighted by Crippen LogP contribution is 2.10. The second-order valence-corrected chi connectivity index (χ2v) is 5.40. The molecule has 2 aliphatic heterocycles. The maximum Gasteiger partial charge on any atom is 0.222 e. The zero-order valence-electron chi connectivity index (χ0n) is 11.6. The van der Waals surface area contributed by atoms with Gasteiger partial charge in [0, 0.05) is 24.9 Å². The second-order valence-electron chi connectivity index (χ2n) is 5.40. The first-order valence-electron chi connectivity index (χ1n) is 7.16. The molecule has 2 unspecified atom stereocenters. The van der Waals surface area contributed by atoms with Gasteiger partial charge in [0.2, 0.25) is 11.8 Å². The zero-order valence-corrected chi connectivity index (χ0v) is 11.6. The molecule has 18 heavy (non-hydrogen) atoms. The molecule has 0 aliphatic carbocycles. The van der Waals surface area contributed by atoms with Crippen LogP contribution in [0.25, 0.3) is 0 Å². The Bertz CT molecular complexity index is 279. The molecule has 0 spiro atoms. The highest BCUT2D eigenvalue weighted by atomic mass is 16.2.